The lowest BCUT2D eigenvalue weighted by molar-refractivity contribution is -0.130. The maximum Gasteiger partial charge on any atom is 0.239 e. The largest absolute Gasteiger partial charge is 0.368 e. The van der Waals surface area contributed by atoms with Crippen LogP contribution in [0.5, 0.6) is 0 Å². The highest BCUT2D eigenvalue weighted by atomic mass is 16.2. The Kier molecular flexibility index (Phi) is 5.16. The fourth-order valence-electron chi connectivity index (χ4n) is 4.47. The van der Waals surface area contributed by atoms with Gasteiger partial charge in [-0.15, -0.1) is 0 Å². The number of nitrogens with zero attached hydrogens (tertiary/aromatic N) is 6. The molecule has 0 saturated heterocycles. The monoisotopic (exact) mass is 443 g/mol. The first-order valence-corrected chi connectivity index (χ1v) is 11.0. The molecule has 0 atom stereocenters. The Morgan fingerprint density at radius 1 is 1.18 bits per heavy atom. The number of fused-ring (bicyclic) bond motifs is 2. The second-order valence-corrected chi connectivity index (χ2v) is 8.26. The quantitative estimate of drug-likeness (QED) is 0.509. The zero-order chi connectivity index (χ0) is 23.1. The number of carbonyl (C=O) groups is 2. The molecule has 5 rings (SSSR count). The van der Waals surface area contributed by atoms with E-state index < -0.39 is 5.91 Å². The lowest BCUT2D eigenvalue weighted by Gasteiger charge is -2.28. The smallest absolute Gasteiger partial charge is 0.239 e. The number of hydrogen-bond acceptors (Lipinski definition) is 5. The van der Waals surface area contributed by atoms with Gasteiger partial charge in [-0.2, -0.15) is 5.10 Å². The summed E-state index contributed by atoms with van der Waals surface area (Å²) in [6.45, 7) is 5.76. The van der Waals surface area contributed by atoms with E-state index >= 15 is 0 Å². The van der Waals surface area contributed by atoms with Crippen molar-refractivity contribution in [1.29, 1.82) is 0 Å². The highest BCUT2D eigenvalue weighted by Gasteiger charge is 2.26. The normalized spacial score (nSPS) is 13.3. The summed E-state index contributed by atoms with van der Waals surface area (Å²) in [7, 11) is 0. The highest BCUT2D eigenvalue weighted by Crippen LogP contribution is 2.34. The first-order valence-electron chi connectivity index (χ1n) is 11.0. The van der Waals surface area contributed by atoms with Crippen molar-refractivity contribution < 1.29 is 9.59 Å². The number of amides is 2. The van der Waals surface area contributed by atoms with E-state index in [0.29, 0.717) is 13.1 Å². The Balaban J connectivity index is 1.58. The van der Waals surface area contributed by atoms with Crippen LogP contribution >= 0.6 is 0 Å². The van der Waals surface area contributed by atoms with Crippen LogP contribution in [0.3, 0.4) is 0 Å². The van der Waals surface area contributed by atoms with Gasteiger partial charge in [-0.25, -0.2) is 4.98 Å². The molecule has 0 aliphatic carbocycles. The Hall–Kier alpha value is -4.01. The summed E-state index contributed by atoms with van der Waals surface area (Å²) in [6, 6.07) is 8.13. The Labute approximate surface area is 190 Å². The number of nitrogens with two attached hydrogens (primary N) is 1. The molecule has 2 N–H and O–H groups in total. The number of carbonyl (C=O) groups excluding carboxylic acids is 2. The second-order valence-electron chi connectivity index (χ2n) is 8.26. The second kappa shape index (κ2) is 8.16. The van der Waals surface area contributed by atoms with Crippen molar-refractivity contribution in [3.63, 3.8) is 0 Å². The summed E-state index contributed by atoms with van der Waals surface area (Å²) in [5.74, 6) is 0.665. The molecule has 4 aromatic rings. The topological polar surface area (TPSA) is 112 Å². The molecule has 0 saturated carbocycles. The van der Waals surface area contributed by atoms with Crippen LogP contribution in [0.4, 0.5) is 0 Å². The Morgan fingerprint density at radius 2 is 2.03 bits per heavy atom. The molecule has 1 aliphatic rings. The van der Waals surface area contributed by atoms with E-state index in [1.54, 1.807) is 19.3 Å². The van der Waals surface area contributed by atoms with Crippen LogP contribution in [0.15, 0.2) is 42.9 Å². The SMILES string of the molecule is CCc1nc(-c2cccc3cc(-c4cnn(CC(N)=O)c4)ncc23)c2n1CCN(C(C)=O)C2. The van der Waals surface area contributed by atoms with Gasteiger partial charge < -0.3 is 15.2 Å². The minimum absolute atomic E-state index is 0.0280. The summed E-state index contributed by atoms with van der Waals surface area (Å²) in [6.07, 6.45) is 6.12. The van der Waals surface area contributed by atoms with Crippen molar-refractivity contribution in [3.8, 4) is 22.5 Å². The number of rotatable bonds is 5. The van der Waals surface area contributed by atoms with E-state index in [4.69, 9.17) is 10.7 Å². The van der Waals surface area contributed by atoms with E-state index in [1.807, 2.05) is 29.3 Å². The van der Waals surface area contributed by atoms with Gasteiger partial charge in [0.25, 0.3) is 0 Å². The summed E-state index contributed by atoms with van der Waals surface area (Å²) in [4.78, 5) is 34.7. The lowest BCUT2D eigenvalue weighted by Crippen LogP contribution is -2.37. The number of benzene rings is 1. The van der Waals surface area contributed by atoms with Crippen LogP contribution in [0, 0.1) is 0 Å². The first kappa shape index (κ1) is 20.9. The summed E-state index contributed by atoms with van der Waals surface area (Å²) < 4.78 is 3.76. The summed E-state index contributed by atoms with van der Waals surface area (Å²) in [5.41, 5.74) is 9.82. The highest BCUT2D eigenvalue weighted by molar-refractivity contribution is 5.97. The van der Waals surface area contributed by atoms with Gasteiger partial charge in [0.05, 0.1) is 29.8 Å². The van der Waals surface area contributed by atoms with Gasteiger partial charge in [0.2, 0.25) is 11.8 Å². The molecule has 3 aromatic heterocycles. The Morgan fingerprint density at radius 3 is 2.79 bits per heavy atom. The first-order chi connectivity index (χ1) is 15.9. The van der Waals surface area contributed by atoms with Crippen molar-refractivity contribution >= 4 is 22.6 Å². The van der Waals surface area contributed by atoms with E-state index in [-0.39, 0.29) is 12.5 Å². The van der Waals surface area contributed by atoms with Gasteiger partial charge >= 0.3 is 0 Å². The van der Waals surface area contributed by atoms with Gasteiger partial charge in [0.15, 0.2) is 0 Å². The van der Waals surface area contributed by atoms with Crippen LogP contribution in [-0.4, -0.2) is 47.6 Å². The van der Waals surface area contributed by atoms with Crippen molar-refractivity contribution in [2.24, 2.45) is 5.73 Å². The third-order valence-corrected chi connectivity index (χ3v) is 6.11. The third kappa shape index (κ3) is 3.75. The van der Waals surface area contributed by atoms with Gasteiger partial charge in [0, 0.05) is 55.3 Å². The molecule has 1 aliphatic heterocycles. The molecule has 0 unspecified atom stereocenters. The zero-order valence-electron chi connectivity index (χ0n) is 18.7. The molecule has 1 aromatic carbocycles. The van der Waals surface area contributed by atoms with Crippen molar-refractivity contribution in [3.05, 3.63) is 54.4 Å². The number of aryl methyl sites for hydroxylation is 1. The van der Waals surface area contributed by atoms with Crippen LogP contribution < -0.4 is 5.73 Å². The predicted octanol–water partition coefficient (Wildman–Crippen LogP) is 2.37. The molecule has 2 amide bonds. The molecular weight excluding hydrogens is 418 g/mol. The minimum atomic E-state index is -0.445. The van der Waals surface area contributed by atoms with Gasteiger partial charge in [0.1, 0.15) is 12.4 Å². The third-order valence-electron chi connectivity index (χ3n) is 6.11. The van der Waals surface area contributed by atoms with Crippen molar-refractivity contribution in [1.82, 2.24) is 29.2 Å². The molecule has 0 radical (unpaired) electrons. The fraction of sp³-hybridized carbons (Fsp3) is 0.292. The van der Waals surface area contributed by atoms with Crippen molar-refractivity contribution in [2.45, 2.75) is 39.9 Å². The molecule has 4 heterocycles. The number of pyridine rings is 1. The van der Waals surface area contributed by atoms with Crippen LogP contribution in [0.25, 0.3) is 33.3 Å². The molecule has 0 fully saturated rings. The molecule has 9 heteroatoms. The van der Waals surface area contributed by atoms with Gasteiger partial charge in [-0.3, -0.25) is 19.3 Å². The fourth-order valence-corrected chi connectivity index (χ4v) is 4.47. The van der Waals surface area contributed by atoms with E-state index in [0.717, 1.165) is 57.8 Å². The molecule has 33 heavy (non-hydrogen) atoms. The van der Waals surface area contributed by atoms with Gasteiger partial charge in [-0.05, 0) is 11.5 Å². The molecular formula is C24H25N7O2. The molecule has 9 nitrogen and oxygen atoms in total. The number of aromatic nitrogens is 5. The average molecular weight is 444 g/mol. The molecule has 168 valence electrons. The number of hydrogen-bond donors (Lipinski definition) is 1. The van der Waals surface area contributed by atoms with Gasteiger partial charge in [-0.1, -0.05) is 25.1 Å². The lowest BCUT2D eigenvalue weighted by atomic mass is 10.0. The Bertz CT molecular complexity index is 1380. The van der Waals surface area contributed by atoms with Crippen molar-refractivity contribution in [2.75, 3.05) is 6.54 Å². The maximum atomic E-state index is 12.0. The van der Waals surface area contributed by atoms with E-state index in [1.165, 1.54) is 4.68 Å². The average Bonchev–Trinajstić information content (AvgIpc) is 3.42. The molecule has 0 bridgehead atoms. The predicted molar refractivity (Wildman–Crippen MR) is 124 cm³/mol. The van der Waals surface area contributed by atoms with Crippen LogP contribution in [-0.2, 0) is 35.6 Å². The zero-order valence-corrected chi connectivity index (χ0v) is 18.7. The summed E-state index contributed by atoms with van der Waals surface area (Å²) in [5, 5.41) is 6.21. The molecule has 0 spiro atoms. The minimum Gasteiger partial charge on any atom is -0.368 e. The number of primary amides is 1. The van der Waals surface area contributed by atoms with E-state index in [9.17, 15) is 9.59 Å². The van der Waals surface area contributed by atoms with Crippen LogP contribution in [0.1, 0.15) is 25.4 Å². The van der Waals surface area contributed by atoms with Crippen LogP contribution in [0.2, 0.25) is 0 Å². The summed E-state index contributed by atoms with van der Waals surface area (Å²) >= 11 is 0. The number of imidazole rings is 1. The van der Waals surface area contributed by atoms with E-state index in [2.05, 4.69) is 27.6 Å². The maximum absolute atomic E-state index is 12.0. The standard InChI is InChI=1S/C24H25N7O2/c1-3-23-28-24(21-13-29(15(2)32)7-8-31(21)23)18-6-4-5-16-9-20(26-11-19(16)18)17-10-27-30(12-17)14-22(25)33/h4-6,9-12H,3,7-8,13-14H2,1-2H3,(H2,25,33).